The van der Waals surface area contributed by atoms with E-state index >= 15 is 0 Å². The first-order valence-corrected chi connectivity index (χ1v) is 6.68. The summed E-state index contributed by atoms with van der Waals surface area (Å²) in [4.78, 5) is 16.5. The fourth-order valence-electron chi connectivity index (χ4n) is 2.68. The number of carbonyl (C=O) groups excluding carboxylic acids is 1. The van der Waals surface area contributed by atoms with Crippen LogP contribution in [0, 0.1) is 5.41 Å². The zero-order chi connectivity index (χ0) is 13.7. The highest BCUT2D eigenvalue weighted by atomic mass is 16.5. The van der Waals surface area contributed by atoms with Crippen LogP contribution in [0.2, 0.25) is 0 Å². The van der Waals surface area contributed by atoms with Crippen LogP contribution in [0.5, 0.6) is 0 Å². The summed E-state index contributed by atoms with van der Waals surface area (Å²) >= 11 is 0. The van der Waals surface area contributed by atoms with Crippen LogP contribution < -0.4 is 11.1 Å². The lowest BCUT2D eigenvalue weighted by atomic mass is 9.82. The van der Waals surface area contributed by atoms with E-state index in [1.165, 1.54) is 0 Å². The fraction of sp³-hybridized carbons (Fsp3) is 0.571. The summed E-state index contributed by atoms with van der Waals surface area (Å²) in [5, 5.41) is 2.95. The molecule has 1 fully saturated rings. The van der Waals surface area contributed by atoms with Gasteiger partial charge in [-0.05, 0) is 31.4 Å². The van der Waals surface area contributed by atoms with Crippen LogP contribution in [0.3, 0.4) is 0 Å². The molecule has 0 aliphatic heterocycles. The highest BCUT2D eigenvalue weighted by Crippen LogP contribution is 2.42. The number of carbonyl (C=O) groups is 1. The molecule has 1 aliphatic rings. The van der Waals surface area contributed by atoms with Crippen LogP contribution in [0.1, 0.15) is 32.1 Å². The molecule has 5 heteroatoms. The van der Waals surface area contributed by atoms with E-state index in [4.69, 9.17) is 10.5 Å². The number of hydrogen-bond donors (Lipinski definition) is 2. The highest BCUT2D eigenvalue weighted by molar-refractivity contribution is 5.95. The number of nitrogens with one attached hydrogen (secondary N) is 1. The second-order valence-electron chi connectivity index (χ2n) is 5.16. The Morgan fingerprint density at radius 2 is 2.21 bits per heavy atom. The van der Waals surface area contributed by atoms with E-state index in [0.717, 1.165) is 32.1 Å². The molecular weight excluding hydrogens is 242 g/mol. The molecule has 1 amide bonds. The molecule has 1 heterocycles. The molecule has 0 bridgehead atoms. The number of hydrogen-bond acceptors (Lipinski definition) is 4. The fourth-order valence-corrected chi connectivity index (χ4v) is 2.68. The first kappa shape index (κ1) is 13.8. The van der Waals surface area contributed by atoms with Crippen LogP contribution in [-0.2, 0) is 9.53 Å². The van der Waals surface area contributed by atoms with Crippen molar-refractivity contribution in [1.82, 2.24) is 4.98 Å². The lowest BCUT2D eigenvalue weighted by Crippen LogP contribution is -2.35. The molecular formula is C14H21N3O2. The molecule has 0 saturated heterocycles. The Kier molecular flexibility index (Phi) is 4.37. The number of aromatic nitrogens is 1. The maximum Gasteiger partial charge on any atom is 0.230 e. The van der Waals surface area contributed by atoms with E-state index in [1.807, 2.05) is 0 Å². The number of ether oxygens (including phenoxy) is 1. The van der Waals surface area contributed by atoms with Crippen LogP contribution in [0.15, 0.2) is 18.3 Å². The number of nitrogen functional groups attached to an aromatic ring is 1. The SMILES string of the molecule is COCCC1(C(=O)Nc2ccc(N)nc2)CCCC1. The van der Waals surface area contributed by atoms with Gasteiger partial charge in [0.05, 0.1) is 17.3 Å². The Morgan fingerprint density at radius 3 is 2.79 bits per heavy atom. The van der Waals surface area contributed by atoms with Crippen LogP contribution in [-0.4, -0.2) is 24.6 Å². The monoisotopic (exact) mass is 263 g/mol. The number of nitrogens with zero attached hydrogens (tertiary/aromatic N) is 1. The molecule has 1 aliphatic carbocycles. The number of anilines is 2. The van der Waals surface area contributed by atoms with Crippen LogP contribution >= 0.6 is 0 Å². The second-order valence-corrected chi connectivity index (χ2v) is 5.16. The Hall–Kier alpha value is -1.62. The van der Waals surface area contributed by atoms with Crippen molar-refractivity contribution in [1.29, 1.82) is 0 Å². The van der Waals surface area contributed by atoms with Crippen molar-refractivity contribution in [2.75, 3.05) is 24.8 Å². The zero-order valence-corrected chi connectivity index (χ0v) is 11.3. The van der Waals surface area contributed by atoms with Gasteiger partial charge >= 0.3 is 0 Å². The lowest BCUT2D eigenvalue weighted by molar-refractivity contribution is -0.126. The van der Waals surface area contributed by atoms with Gasteiger partial charge in [0.25, 0.3) is 0 Å². The Labute approximate surface area is 113 Å². The molecule has 0 aromatic carbocycles. The van der Waals surface area contributed by atoms with E-state index < -0.39 is 0 Å². The van der Waals surface area contributed by atoms with Gasteiger partial charge < -0.3 is 15.8 Å². The van der Waals surface area contributed by atoms with Gasteiger partial charge in [-0.25, -0.2) is 4.98 Å². The molecule has 19 heavy (non-hydrogen) atoms. The predicted octanol–water partition coefficient (Wildman–Crippen LogP) is 2.20. The van der Waals surface area contributed by atoms with Gasteiger partial charge in [0, 0.05) is 13.7 Å². The average Bonchev–Trinajstić information content (AvgIpc) is 2.89. The number of amides is 1. The van der Waals surface area contributed by atoms with E-state index in [-0.39, 0.29) is 11.3 Å². The van der Waals surface area contributed by atoms with E-state index in [0.29, 0.717) is 18.1 Å². The zero-order valence-electron chi connectivity index (χ0n) is 11.3. The molecule has 1 aromatic rings. The summed E-state index contributed by atoms with van der Waals surface area (Å²) in [5.74, 6) is 0.529. The first-order chi connectivity index (χ1) is 9.16. The summed E-state index contributed by atoms with van der Waals surface area (Å²) in [5.41, 5.74) is 5.95. The summed E-state index contributed by atoms with van der Waals surface area (Å²) in [6, 6.07) is 3.46. The first-order valence-electron chi connectivity index (χ1n) is 6.68. The highest BCUT2D eigenvalue weighted by Gasteiger charge is 2.40. The van der Waals surface area contributed by atoms with Crippen molar-refractivity contribution in [3.8, 4) is 0 Å². The van der Waals surface area contributed by atoms with Gasteiger partial charge in [0.15, 0.2) is 0 Å². The summed E-state index contributed by atoms with van der Waals surface area (Å²) in [6.07, 6.45) is 6.45. The molecule has 5 nitrogen and oxygen atoms in total. The Balaban J connectivity index is 2.05. The van der Waals surface area contributed by atoms with Gasteiger partial charge in [0.1, 0.15) is 5.82 Å². The minimum atomic E-state index is -0.280. The number of methoxy groups -OCH3 is 1. The van der Waals surface area contributed by atoms with Gasteiger partial charge in [-0.1, -0.05) is 12.8 Å². The molecule has 1 aromatic heterocycles. The standard InChI is InChI=1S/C14H21N3O2/c1-19-9-8-14(6-2-3-7-14)13(18)17-11-4-5-12(15)16-10-11/h4-5,10H,2-3,6-9H2,1H3,(H2,15,16)(H,17,18). The minimum Gasteiger partial charge on any atom is -0.385 e. The maximum atomic E-state index is 12.5. The van der Waals surface area contributed by atoms with Crippen molar-refractivity contribution in [2.45, 2.75) is 32.1 Å². The van der Waals surface area contributed by atoms with Crippen LogP contribution in [0.4, 0.5) is 11.5 Å². The minimum absolute atomic E-state index is 0.0774. The summed E-state index contributed by atoms with van der Waals surface area (Å²) < 4.78 is 5.14. The van der Waals surface area contributed by atoms with Gasteiger partial charge in [-0.3, -0.25) is 4.79 Å². The van der Waals surface area contributed by atoms with E-state index in [9.17, 15) is 4.79 Å². The molecule has 104 valence electrons. The Morgan fingerprint density at radius 1 is 1.47 bits per heavy atom. The number of rotatable bonds is 5. The molecule has 0 atom stereocenters. The van der Waals surface area contributed by atoms with Crippen molar-refractivity contribution in [2.24, 2.45) is 5.41 Å². The second kappa shape index (κ2) is 6.02. The predicted molar refractivity (Wildman–Crippen MR) is 74.7 cm³/mol. The molecule has 0 spiro atoms. The largest absolute Gasteiger partial charge is 0.385 e. The topological polar surface area (TPSA) is 77.2 Å². The van der Waals surface area contributed by atoms with Crippen molar-refractivity contribution in [3.05, 3.63) is 18.3 Å². The third-order valence-electron chi connectivity index (χ3n) is 3.87. The van der Waals surface area contributed by atoms with Gasteiger partial charge in [-0.2, -0.15) is 0 Å². The molecule has 0 unspecified atom stereocenters. The summed E-state index contributed by atoms with van der Waals surface area (Å²) in [7, 11) is 1.67. The summed E-state index contributed by atoms with van der Waals surface area (Å²) in [6.45, 7) is 0.618. The quantitative estimate of drug-likeness (QED) is 0.853. The number of nitrogens with two attached hydrogens (primary N) is 1. The Bertz CT molecular complexity index is 425. The smallest absolute Gasteiger partial charge is 0.230 e. The van der Waals surface area contributed by atoms with E-state index in [2.05, 4.69) is 10.3 Å². The number of pyridine rings is 1. The molecule has 1 saturated carbocycles. The lowest BCUT2D eigenvalue weighted by Gasteiger charge is -2.27. The van der Waals surface area contributed by atoms with E-state index in [1.54, 1.807) is 25.4 Å². The van der Waals surface area contributed by atoms with Crippen molar-refractivity contribution < 1.29 is 9.53 Å². The van der Waals surface area contributed by atoms with Crippen molar-refractivity contribution in [3.63, 3.8) is 0 Å². The third-order valence-corrected chi connectivity index (χ3v) is 3.87. The molecule has 3 N–H and O–H groups in total. The maximum absolute atomic E-state index is 12.5. The average molecular weight is 263 g/mol. The normalized spacial score (nSPS) is 17.3. The molecule has 2 rings (SSSR count). The van der Waals surface area contributed by atoms with Crippen molar-refractivity contribution >= 4 is 17.4 Å². The third kappa shape index (κ3) is 3.23. The van der Waals surface area contributed by atoms with Crippen LogP contribution in [0.25, 0.3) is 0 Å². The van der Waals surface area contributed by atoms with Gasteiger partial charge in [0.2, 0.25) is 5.91 Å². The van der Waals surface area contributed by atoms with Gasteiger partial charge in [-0.15, -0.1) is 0 Å². The molecule has 0 radical (unpaired) electrons.